The lowest BCUT2D eigenvalue weighted by Crippen LogP contribution is -2.48. The molecule has 0 aromatic heterocycles. The Balaban J connectivity index is 1.46. The molecule has 3 aromatic rings. The van der Waals surface area contributed by atoms with E-state index in [2.05, 4.69) is 10.9 Å². The molecular formula is C21H20N2O4. The minimum atomic E-state index is -0.776. The van der Waals surface area contributed by atoms with Gasteiger partial charge in [0.05, 0.1) is 0 Å². The van der Waals surface area contributed by atoms with Crippen LogP contribution in [0.3, 0.4) is 0 Å². The topological polar surface area (TPSA) is 76.7 Å². The van der Waals surface area contributed by atoms with Crippen LogP contribution in [0.25, 0.3) is 10.8 Å². The molecule has 6 heteroatoms. The SMILES string of the molecule is C[C@H](Oc1ccc2ccccc2c1)C(=O)NNC(=O)COc1ccccc1. The number of hydrogen-bond acceptors (Lipinski definition) is 4. The Hall–Kier alpha value is -3.54. The molecule has 0 fully saturated rings. The summed E-state index contributed by atoms with van der Waals surface area (Å²) in [6.45, 7) is 1.40. The smallest absolute Gasteiger partial charge is 0.279 e. The zero-order chi connectivity index (χ0) is 19.1. The molecule has 0 spiro atoms. The van der Waals surface area contributed by atoms with Gasteiger partial charge >= 0.3 is 0 Å². The molecule has 3 aromatic carbocycles. The maximum Gasteiger partial charge on any atom is 0.279 e. The molecule has 0 saturated carbocycles. The van der Waals surface area contributed by atoms with E-state index in [0.29, 0.717) is 11.5 Å². The summed E-state index contributed by atoms with van der Waals surface area (Å²) in [5, 5.41) is 2.11. The first-order chi connectivity index (χ1) is 13.1. The summed E-state index contributed by atoms with van der Waals surface area (Å²) in [4.78, 5) is 23.9. The van der Waals surface area contributed by atoms with Gasteiger partial charge in [0.2, 0.25) is 0 Å². The van der Waals surface area contributed by atoms with E-state index in [9.17, 15) is 9.59 Å². The molecule has 0 saturated heterocycles. The first-order valence-electron chi connectivity index (χ1n) is 8.54. The molecule has 27 heavy (non-hydrogen) atoms. The van der Waals surface area contributed by atoms with Gasteiger partial charge in [-0.2, -0.15) is 0 Å². The molecular weight excluding hydrogens is 344 g/mol. The van der Waals surface area contributed by atoms with Crippen molar-refractivity contribution in [3.8, 4) is 11.5 Å². The van der Waals surface area contributed by atoms with Gasteiger partial charge in [-0.1, -0.05) is 48.5 Å². The van der Waals surface area contributed by atoms with Crippen molar-refractivity contribution in [2.75, 3.05) is 6.61 Å². The van der Waals surface area contributed by atoms with Gasteiger partial charge in [0.15, 0.2) is 12.7 Å². The second kappa shape index (κ2) is 8.71. The summed E-state index contributed by atoms with van der Waals surface area (Å²) in [5.41, 5.74) is 4.64. The molecule has 2 N–H and O–H groups in total. The molecule has 0 bridgehead atoms. The summed E-state index contributed by atoms with van der Waals surface area (Å²) in [5.74, 6) is 0.225. The van der Waals surface area contributed by atoms with E-state index in [0.717, 1.165) is 10.8 Å². The third kappa shape index (κ3) is 5.22. The Bertz CT molecular complexity index is 928. The fourth-order valence-electron chi connectivity index (χ4n) is 2.43. The van der Waals surface area contributed by atoms with Gasteiger partial charge < -0.3 is 9.47 Å². The van der Waals surface area contributed by atoms with Crippen LogP contribution in [0.4, 0.5) is 0 Å². The van der Waals surface area contributed by atoms with Gasteiger partial charge in [0.1, 0.15) is 11.5 Å². The van der Waals surface area contributed by atoms with Crippen LogP contribution >= 0.6 is 0 Å². The number of benzene rings is 3. The molecule has 0 unspecified atom stereocenters. The highest BCUT2D eigenvalue weighted by molar-refractivity contribution is 5.86. The monoisotopic (exact) mass is 364 g/mol. The van der Waals surface area contributed by atoms with Crippen LogP contribution in [-0.4, -0.2) is 24.5 Å². The molecule has 0 aliphatic carbocycles. The first-order valence-corrected chi connectivity index (χ1v) is 8.54. The van der Waals surface area contributed by atoms with Crippen molar-refractivity contribution in [1.82, 2.24) is 10.9 Å². The van der Waals surface area contributed by atoms with Gasteiger partial charge in [-0.15, -0.1) is 0 Å². The van der Waals surface area contributed by atoms with E-state index in [4.69, 9.17) is 9.47 Å². The lowest BCUT2D eigenvalue weighted by atomic mass is 10.1. The minimum absolute atomic E-state index is 0.204. The van der Waals surface area contributed by atoms with Crippen molar-refractivity contribution in [3.63, 3.8) is 0 Å². The number of fused-ring (bicyclic) bond motifs is 1. The van der Waals surface area contributed by atoms with Crippen molar-refractivity contribution in [3.05, 3.63) is 72.8 Å². The average molecular weight is 364 g/mol. The van der Waals surface area contributed by atoms with Crippen LogP contribution in [0.1, 0.15) is 6.92 Å². The third-order valence-corrected chi connectivity index (χ3v) is 3.84. The lowest BCUT2D eigenvalue weighted by Gasteiger charge is -2.15. The zero-order valence-electron chi connectivity index (χ0n) is 14.8. The van der Waals surface area contributed by atoms with E-state index < -0.39 is 17.9 Å². The summed E-state index contributed by atoms with van der Waals surface area (Å²) >= 11 is 0. The molecule has 0 aliphatic rings. The van der Waals surface area contributed by atoms with E-state index in [1.54, 1.807) is 37.3 Å². The Morgan fingerprint density at radius 1 is 0.852 bits per heavy atom. The van der Waals surface area contributed by atoms with E-state index in [-0.39, 0.29) is 6.61 Å². The fourth-order valence-corrected chi connectivity index (χ4v) is 2.43. The zero-order valence-corrected chi connectivity index (χ0v) is 14.8. The highest BCUT2D eigenvalue weighted by atomic mass is 16.5. The Kier molecular flexibility index (Phi) is 5.89. The van der Waals surface area contributed by atoms with E-state index in [1.807, 2.05) is 42.5 Å². The highest BCUT2D eigenvalue weighted by Crippen LogP contribution is 2.21. The lowest BCUT2D eigenvalue weighted by molar-refractivity contribution is -0.133. The maximum absolute atomic E-state index is 12.1. The van der Waals surface area contributed by atoms with Crippen molar-refractivity contribution >= 4 is 22.6 Å². The number of hydrazine groups is 1. The first kappa shape index (κ1) is 18.3. The van der Waals surface area contributed by atoms with Crippen LogP contribution in [0, 0.1) is 0 Å². The van der Waals surface area contributed by atoms with Gasteiger partial charge in [-0.3, -0.25) is 20.4 Å². The van der Waals surface area contributed by atoms with E-state index in [1.165, 1.54) is 0 Å². The summed E-state index contributed by atoms with van der Waals surface area (Å²) in [6, 6.07) is 22.4. The minimum Gasteiger partial charge on any atom is -0.484 e. The second-order valence-electron chi connectivity index (χ2n) is 5.91. The van der Waals surface area contributed by atoms with Crippen molar-refractivity contribution in [2.24, 2.45) is 0 Å². The Morgan fingerprint density at radius 2 is 1.56 bits per heavy atom. The molecule has 1 atom stereocenters. The van der Waals surface area contributed by atoms with Crippen LogP contribution in [0.15, 0.2) is 72.8 Å². The number of amides is 2. The van der Waals surface area contributed by atoms with Gasteiger partial charge in [-0.05, 0) is 42.0 Å². The molecule has 3 rings (SSSR count). The van der Waals surface area contributed by atoms with Crippen LogP contribution in [-0.2, 0) is 9.59 Å². The number of para-hydroxylation sites is 1. The quantitative estimate of drug-likeness (QED) is 0.660. The van der Waals surface area contributed by atoms with Crippen LogP contribution in [0.5, 0.6) is 11.5 Å². The highest BCUT2D eigenvalue weighted by Gasteiger charge is 2.15. The Labute approximate surface area is 157 Å². The largest absolute Gasteiger partial charge is 0.484 e. The van der Waals surface area contributed by atoms with Gasteiger partial charge in [-0.25, -0.2) is 0 Å². The standard InChI is InChI=1S/C21H20N2O4/c1-15(27-19-12-11-16-7-5-6-8-17(16)13-19)21(25)23-22-20(24)14-26-18-9-3-2-4-10-18/h2-13,15H,14H2,1H3,(H,22,24)(H,23,25)/t15-/m0/s1. The number of hydrogen-bond donors (Lipinski definition) is 2. The van der Waals surface area contributed by atoms with Crippen LogP contribution < -0.4 is 20.3 Å². The number of ether oxygens (including phenoxy) is 2. The fraction of sp³-hybridized carbons (Fsp3) is 0.143. The molecule has 6 nitrogen and oxygen atoms in total. The molecule has 0 radical (unpaired) electrons. The van der Waals surface area contributed by atoms with Crippen molar-refractivity contribution < 1.29 is 19.1 Å². The maximum atomic E-state index is 12.1. The number of carbonyl (C=O) groups excluding carboxylic acids is 2. The van der Waals surface area contributed by atoms with Crippen LogP contribution in [0.2, 0.25) is 0 Å². The number of nitrogens with one attached hydrogen (secondary N) is 2. The van der Waals surface area contributed by atoms with Crippen molar-refractivity contribution in [2.45, 2.75) is 13.0 Å². The molecule has 138 valence electrons. The summed E-state index contributed by atoms with van der Waals surface area (Å²) < 4.78 is 11.0. The summed E-state index contributed by atoms with van der Waals surface area (Å²) in [6.07, 6.45) is -0.776. The van der Waals surface area contributed by atoms with Crippen molar-refractivity contribution in [1.29, 1.82) is 0 Å². The average Bonchev–Trinajstić information content (AvgIpc) is 2.71. The Morgan fingerprint density at radius 3 is 2.33 bits per heavy atom. The van der Waals surface area contributed by atoms with E-state index >= 15 is 0 Å². The predicted octanol–water partition coefficient (Wildman–Crippen LogP) is 2.83. The second-order valence-corrected chi connectivity index (χ2v) is 5.91. The number of rotatable bonds is 6. The molecule has 0 heterocycles. The molecule has 0 aliphatic heterocycles. The molecule has 2 amide bonds. The summed E-state index contributed by atoms with van der Waals surface area (Å²) in [7, 11) is 0. The van der Waals surface area contributed by atoms with Gasteiger partial charge in [0, 0.05) is 0 Å². The number of carbonyl (C=O) groups is 2. The predicted molar refractivity (Wildman–Crippen MR) is 102 cm³/mol. The van der Waals surface area contributed by atoms with Gasteiger partial charge in [0.25, 0.3) is 11.8 Å². The normalized spacial score (nSPS) is 11.4. The third-order valence-electron chi connectivity index (χ3n) is 3.84.